The monoisotopic (exact) mass is 267 g/mol. The zero-order chi connectivity index (χ0) is 13.4. The van der Waals surface area contributed by atoms with E-state index in [-0.39, 0.29) is 0 Å². The zero-order valence-corrected chi connectivity index (χ0v) is 11.0. The van der Waals surface area contributed by atoms with Crippen molar-refractivity contribution in [3.05, 3.63) is 53.1 Å². The molecular formula is C15H10ClN3. The van der Waals surface area contributed by atoms with E-state index < -0.39 is 0 Å². The van der Waals surface area contributed by atoms with Crippen LogP contribution in [-0.2, 0) is 7.05 Å². The number of hydrogen-bond acceptors (Lipinski definition) is 2. The largest absolute Gasteiger partial charge is 0.327 e. The fourth-order valence-corrected chi connectivity index (χ4v) is 2.37. The Morgan fingerprint density at radius 3 is 2.74 bits per heavy atom. The number of rotatable bonds is 1. The smallest absolute Gasteiger partial charge is 0.142 e. The minimum atomic E-state index is 0.608. The van der Waals surface area contributed by atoms with Crippen LogP contribution in [0.3, 0.4) is 0 Å². The van der Waals surface area contributed by atoms with E-state index in [1.165, 1.54) is 0 Å². The molecule has 1 heterocycles. The van der Waals surface area contributed by atoms with Gasteiger partial charge in [0.15, 0.2) is 0 Å². The Bertz CT molecular complexity index is 812. The average molecular weight is 268 g/mol. The van der Waals surface area contributed by atoms with E-state index >= 15 is 0 Å². The van der Waals surface area contributed by atoms with E-state index in [1.54, 1.807) is 12.1 Å². The van der Waals surface area contributed by atoms with Gasteiger partial charge in [-0.25, -0.2) is 4.98 Å². The maximum absolute atomic E-state index is 8.93. The molecule has 0 spiro atoms. The third-order valence-electron chi connectivity index (χ3n) is 3.12. The second-order valence-electron chi connectivity index (χ2n) is 4.29. The van der Waals surface area contributed by atoms with E-state index in [0.29, 0.717) is 10.6 Å². The van der Waals surface area contributed by atoms with Crippen molar-refractivity contribution in [1.82, 2.24) is 9.55 Å². The molecule has 4 heteroatoms. The summed E-state index contributed by atoms with van der Waals surface area (Å²) in [4.78, 5) is 4.58. The molecule has 92 valence electrons. The highest BCUT2D eigenvalue weighted by molar-refractivity contribution is 6.33. The number of aromatic nitrogens is 2. The Hall–Kier alpha value is -2.31. The molecule has 0 saturated heterocycles. The molecule has 3 aromatic rings. The predicted molar refractivity (Wildman–Crippen MR) is 75.9 cm³/mol. The average Bonchev–Trinajstić information content (AvgIpc) is 2.76. The van der Waals surface area contributed by atoms with Crippen LogP contribution in [0.15, 0.2) is 42.5 Å². The maximum atomic E-state index is 8.93. The summed E-state index contributed by atoms with van der Waals surface area (Å²) in [6, 6.07) is 15.2. The summed E-state index contributed by atoms with van der Waals surface area (Å²) in [7, 11) is 1.94. The number of hydrogen-bond donors (Lipinski definition) is 0. The van der Waals surface area contributed by atoms with Crippen LogP contribution < -0.4 is 0 Å². The van der Waals surface area contributed by atoms with Gasteiger partial charge in [-0.05, 0) is 30.3 Å². The number of imidazole rings is 1. The normalized spacial score (nSPS) is 10.6. The number of nitriles is 1. The van der Waals surface area contributed by atoms with Crippen molar-refractivity contribution < 1.29 is 0 Å². The van der Waals surface area contributed by atoms with Crippen LogP contribution in [-0.4, -0.2) is 9.55 Å². The SMILES string of the molecule is Cn1c(-c2ccccc2Cl)nc2cc(C#N)ccc21. The van der Waals surface area contributed by atoms with Crippen LogP contribution in [0.2, 0.25) is 5.02 Å². The van der Waals surface area contributed by atoms with E-state index in [4.69, 9.17) is 16.9 Å². The zero-order valence-electron chi connectivity index (χ0n) is 10.3. The highest BCUT2D eigenvalue weighted by atomic mass is 35.5. The molecule has 0 unspecified atom stereocenters. The van der Waals surface area contributed by atoms with Crippen molar-refractivity contribution in [2.75, 3.05) is 0 Å². The van der Waals surface area contributed by atoms with Crippen LogP contribution in [0.1, 0.15) is 5.56 Å². The number of benzene rings is 2. The first kappa shape index (κ1) is 11.8. The molecule has 0 radical (unpaired) electrons. The molecule has 3 nitrogen and oxygen atoms in total. The predicted octanol–water partition coefficient (Wildman–Crippen LogP) is 3.77. The standard InChI is InChI=1S/C15H10ClN3/c1-19-14-7-6-10(9-17)8-13(14)18-15(19)11-4-2-3-5-12(11)16/h2-8H,1H3. The molecule has 0 bridgehead atoms. The van der Waals surface area contributed by atoms with Crippen LogP contribution in [0.5, 0.6) is 0 Å². The molecule has 3 rings (SSSR count). The molecule has 2 aromatic carbocycles. The van der Waals surface area contributed by atoms with Gasteiger partial charge in [-0.2, -0.15) is 5.26 Å². The van der Waals surface area contributed by atoms with Crippen molar-refractivity contribution in [1.29, 1.82) is 5.26 Å². The van der Waals surface area contributed by atoms with Gasteiger partial charge in [-0.3, -0.25) is 0 Å². The molecule has 0 saturated carbocycles. The van der Waals surface area contributed by atoms with Crippen molar-refractivity contribution >= 4 is 22.6 Å². The molecule has 0 aliphatic carbocycles. The molecule has 0 aliphatic heterocycles. The summed E-state index contributed by atoms with van der Waals surface area (Å²) in [6.45, 7) is 0. The first-order valence-electron chi connectivity index (χ1n) is 5.82. The number of fused-ring (bicyclic) bond motifs is 1. The van der Waals surface area contributed by atoms with Gasteiger partial charge >= 0.3 is 0 Å². The third kappa shape index (κ3) is 1.87. The van der Waals surface area contributed by atoms with Crippen molar-refractivity contribution in [2.45, 2.75) is 0 Å². The molecule has 0 fully saturated rings. The fourth-order valence-electron chi connectivity index (χ4n) is 2.15. The van der Waals surface area contributed by atoms with Crippen LogP contribution in [0.25, 0.3) is 22.4 Å². The summed E-state index contributed by atoms with van der Waals surface area (Å²) in [5.74, 6) is 0.802. The molecule has 0 atom stereocenters. The minimum Gasteiger partial charge on any atom is -0.327 e. The van der Waals surface area contributed by atoms with E-state index in [0.717, 1.165) is 22.4 Å². The van der Waals surface area contributed by atoms with Gasteiger partial charge < -0.3 is 4.57 Å². The van der Waals surface area contributed by atoms with E-state index in [9.17, 15) is 0 Å². The van der Waals surface area contributed by atoms with Crippen molar-refractivity contribution in [2.24, 2.45) is 7.05 Å². The molecule has 19 heavy (non-hydrogen) atoms. The van der Waals surface area contributed by atoms with E-state index in [1.807, 2.05) is 41.9 Å². The summed E-state index contributed by atoms with van der Waals surface area (Å²) < 4.78 is 1.98. The van der Waals surface area contributed by atoms with E-state index in [2.05, 4.69) is 11.1 Å². The number of aryl methyl sites for hydroxylation is 1. The van der Waals surface area contributed by atoms with Gasteiger partial charge in [0, 0.05) is 12.6 Å². The minimum absolute atomic E-state index is 0.608. The highest BCUT2D eigenvalue weighted by Gasteiger charge is 2.12. The van der Waals surface area contributed by atoms with Gasteiger partial charge in [-0.15, -0.1) is 0 Å². The Morgan fingerprint density at radius 1 is 1.21 bits per heavy atom. The molecule has 0 aliphatic rings. The van der Waals surface area contributed by atoms with Crippen molar-refractivity contribution in [3.8, 4) is 17.5 Å². The lowest BCUT2D eigenvalue weighted by molar-refractivity contribution is 0.959. The number of halogens is 1. The summed E-state index contributed by atoms with van der Waals surface area (Å²) in [5.41, 5.74) is 3.28. The first-order chi connectivity index (χ1) is 9.20. The van der Waals surface area contributed by atoms with Crippen LogP contribution in [0.4, 0.5) is 0 Å². The Morgan fingerprint density at radius 2 is 2.00 bits per heavy atom. The Labute approximate surface area is 115 Å². The van der Waals surface area contributed by atoms with Gasteiger partial charge in [-0.1, -0.05) is 23.7 Å². The Kier molecular flexibility index (Phi) is 2.73. The Balaban J connectivity index is 2.29. The van der Waals surface area contributed by atoms with Gasteiger partial charge in [0.05, 0.1) is 27.7 Å². The topological polar surface area (TPSA) is 41.6 Å². The van der Waals surface area contributed by atoms with Crippen LogP contribution in [0, 0.1) is 11.3 Å². The third-order valence-corrected chi connectivity index (χ3v) is 3.45. The molecule has 1 aromatic heterocycles. The van der Waals surface area contributed by atoms with Crippen molar-refractivity contribution in [3.63, 3.8) is 0 Å². The highest BCUT2D eigenvalue weighted by Crippen LogP contribution is 2.29. The maximum Gasteiger partial charge on any atom is 0.142 e. The van der Waals surface area contributed by atoms with Gasteiger partial charge in [0.1, 0.15) is 5.82 Å². The second-order valence-corrected chi connectivity index (χ2v) is 4.70. The lowest BCUT2D eigenvalue weighted by atomic mass is 10.2. The lowest BCUT2D eigenvalue weighted by Crippen LogP contribution is -1.92. The van der Waals surface area contributed by atoms with Gasteiger partial charge in [0.2, 0.25) is 0 Å². The van der Waals surface area contributed by atoms with Crippen LogP contribution >= 0.6 is 11.6 Å². The summed E-state index contributed by atoms with van der Waals surface area (Å²) >= 11 is 6.21. The summed E-state index contributed by atoms with van der Waals surface area (Å²) in [6.07, 6.45) is 0. The molecule has 0 N–H and O–H groups in total. The van der Waals surface area contributed by atoms with Gasteiger partial charge in [0.25, 0.3) is 0 Å². The fraction of sp³-hybridized carbons (Fsp3) is 0.0667. The molecular weight excluding hydrogens is 258 g/mol. The second kappa shape index (κ2) is 4.42. The number of nitrogens with zero attached hydrogens (tertiary/aromatic N) is 3. The molecule has 0 amide bonds. The quantitative estimate of drug-likeness (QED) is 0.673. The lowest BCUT2D eigenvalue weighted by Gasteiger charge is -2.04. The first-order valence-corrected chi connectivity index (χ1v) is 6.20. The summed E-state index contributed by atoms with van der Waals surface area (Å²) in [5, 5.41) is 9.60.